The molecule has 0 saturated heterocycles. The maximum absolute atomic E-state index is 9.96. The number of fused-ring (bicyclic) bond motifs is 1. The highest BCUT2D eigenvalue weighted by atomic mass is 16.3. The molecule has 3 aliphatic rings. The smallest absolute Gasteiger partial charge is 0.0591 e. The van der Waals surface area contributed by atoms with E-state index in [0.717, 1.165) is 25.2 Å². The minimum atomic E-state index is -0.532. The van der Waals surface area contributed by atoms with Crippen molar-refractivity contribution in [3.8, 4) is 0 Å². The van der Waals surface area contributed by atoms with Crippen LogP contribution < -0.4 is 0 Å². The minimum Gasteiger partial charge on any atom is -0.390 e. The third-order valence-electron chi connectivity index (χ3n) is 8.13. The highest BCUT2D eigenvalue weighted by molar-refractivity contribution is 5.33. The van der Waals surface area contributed by atoms with E-state index in [4.69, 9.17) is 0 Å². The Morgan fingerprint density at radius 3 is 2.48 bits per heavy atom. The Labute approximate surface area is 180 Å². The molecular weight excluding hydrogens is 352 g/mol. The van der Waals surface area contributed by atoms with Crippen LogP contribution in [0, 0.1) is 23.2 Å². The molecule has 0 aromatic heterocycles. The third-order valence-corrected chi connectivity index (χ3v) is 8.13. The van der Waals surface area contributed by atoms with Gasteiger partial charge >= 0.3 is 0 Å². The fourth-order valence-electron chi connectivity index (χ4n) is 6.22. The second-order valence-corrected chi connectivity index (χ2v) is 11.1. The van der Waals surface area contributed by atoms with Gasteiger partial charge in [0, 0.05) is 0 Å². The fourth-order valence-corrected chi connectivity index (χ4v) is 6.22. The third kappa shape index (κ3) is 5.35. The zero-order chi connectivity index (χ0) is 21.2. The quantitative estimate of drug-likeness (QED) is 0.369. The SMILES string of the molecule is C=C1C(C)CC(=CC=C2CCCC3(C)C(=CCCCC(C)(C)O)CCC23)CC1C. The molecule has 0 heterocycles. The van der Waals surface area contributed by atoms with Crippen molar-refractivity contribution in [1.29, 1.82) is 0 Å². The molecule has 1 nitrogen and oxygen atoms in total. The summed E-state index contributed by atoms with van der Waals surface area (Å²) in [5.74, 6) is 2.00. The zero-order valence-electron chi connectivity index (χ0n) is 19.7. The second-order valence-electron chi connectivity index (χ2n) is 11.1. The Balaban J connectivity index is 1.69. The molecule has 162 valence electrons. The van der Waals surface area contributed by atoms with Gasteiger partial charge in [0.1, 0.15) is 0 Å². The van der Waals surface area contributed by atoms with E-state index in [1.807, 2.05) is 13.8 Å². The number of unbranched alkanes of at least 4 members (excludes halogenated alkanes) is 1. The summed E-state index contributed by atoms with van der Waals surface area (Å²) in [6.07, 6.45) is 19.6. The molecule has 1 N–H and O–H groups in total. The van der Waals surface area contributed by atoms with Gasteiger partial charge < -0.3 is 5.11 Å². The van der Waals surface area contributed by atoms with Crippen LogP contribution in [0.15, 0.2) is 47.1 Å². The van der Waals surface area contributed by atoms with Gasteiger partial charge in [0.25, 0.3) is 0 Å². The predicted molar refractivity (Wildman–Crippen MR) is 126 cm³/mol. The average Bonchev–Trinajstić information content (AvgIpc) is 2.97. The van der Waals surface area contributed by atoms with Crippen LogP contribution >= 0.6 is 0 Å². The van der Waals surface area contributed by atoms with Gasteiger partial charge in [-0.2, -0.15) is 0 Å². The van der Waals surface area contributed by atoms with Gasteiger partial charge in [0.05, 0.1) is 5.60 Å². The summed E-state index contributed by atoms with van der Waals surface area (Å²) >= 11 is 0. The van der Waals surface area contributed by atoms with Crippen molar-refractivity contribution in [2.75, 3.05) is 0 Å². The summed E-state index contributed by atoms with van der Waals surface area (Å²) in [6, 6.07) is 0. The number of rotatable bonds is 5. The number of aliphatic hydroxyl groups is 1. The molecule has 3 fully saturated rings. The molecule has 3 rings (SSSR count). The minimum absolute atomic E-state index is 0.374. The first kappa shape index (κ1) is 22.6. The molecule has 3 saturated carbocycles. The van der Waals surface area contributed by atoms with Crippen LogP contribution in [-0.4, -0.2) is 10.7 Å². The van der Waals surface area contributed by atoms with Crippen LogP contribution in [0.4, 0.5) is 0 Å². The predicted octanol–water partition coefficient (Wildman–Crippen LogP) is 7.93. The summed E-state index contributed by atoms with van der Waals surface area (Å²) in [4.78, 5) is 0. The van der Waals surface area contributed by atoms with Gasteiger partial charge in [-0.25, -0.2) is 0 Å². The molecule has 0 aliphatic heterocycles. The van der Waals surface area contributed by atoms with Crippen molar-refractivity contribution in [2.24, 2.45) is 23.2 Å². The largest absolute Gasteiger partial charge is 0.390 e. The van der Waals surface area contributed by atoms with Crippen LogP contribution in [0.3, 0.4) is 0 Å². The topological polar surface area (TPSA) is 20.2 Å². The van der Waals surface area contributed by atoms with Gasteiger partial charge in [0.15, 0.2) is 0 Å². The molecule has 4 unspecified atom stereocenters. The summed E-state index contributed by atoms with van der Waals surface area (Å²) < 4.78 is 0. The Morgan fingerprint density at radius 2 is 1.83 bits per heavy atom. The first-order valence-corrected chi connectivity index (χ1v) is 12.1. The lowest BCUT2D eigenvalue weighted by atomic mass is 9.65. The monoisotopic (exact) mass is 396 g/mol. The van der Waals surface area contributed by atoms with E-state index >= 15 is 0 Å². The van der Waals surface area contributed by atoms with Crippen LogP contribution in [0.1, 0.15) is 98.8 Å². The lowest BCUT2D eigenvalue weighted by molar-refractivity contribution is 0.0691. The van der Waals surface area contributed by atoms with Gasteiger partial charge in [-0.1, -0.05) is 67.9 Å². The summed E-state index contributed by atoms with van der Waals surface area (Å²) in [5, 5.41) is 9.96. The van der Waals surface area contributed by atoms with Crippen molar-refractivity contribution in [3.05, 3.63) is 47.1 Å². The van der Waals surface area contributed by atoms with E-state index in [1.165, 1.54) is 50.5 Å². The van der Waals surface area contributed by atoms with Crippen molar-refractivity contribution in [3.63, 3.8) is 0 Å². The Bertz CT molecular complexity index is 682. The lowest BCUT2D eigenvalue weighted by Gasteiger charge is -2.39. The van der Waals surface area contributed by atoms with Crippen LogP contribution in [0.25, 0.3) is 0 Å². The van der Waals surface area contributed by atoms with E-state index in [2.05, 4.69) is 45.6 Å². The summed E-state index contributed by atoms with van der Waals surface area (Å²) in [7, 11) is 0. The van der Waals surface area contributed by atoms with E-state index in [0.29, 0.717) is 17.3 Å². The van der Waals surface area contributed by atoms with E-state index in [9.17, 15) is 5.11 Å². The molecule has 0 radical (unpaired) electrons. The summed E-state index contributed by atoms with van der Waals surface area (Å²) in [6.45, 7) is 15.3. The molecule has 0 amide bonds. The van der Waals surface area contributed by atoms with E-state index in [1.54, 1.807) is 16.7 Å². The zero-order valence-corrected chi connectivity index (χ0v) is 19.7. The highest BCUT2D eigenvalue weighted by Gasteiger charge is 2.45. The molecule has 4 atom stereocenters. The van der Waals surface area contributed by atoms with E-state index < -0.39 is 5.60 Å². The van der Waals surface area contributed by atoms with Gasteiger partial charge in [-0.3, -0.25) is 0 Å². The maximum atomic E-state index is 9.96. The van der Waals surface area contributed by atoms with Crippen LogP contribution in [0.2, 0.25) is 0 Å². The van der Waals surface area contributed by atoms with Crippen molar-refractivity contribution >= 4 is 0 Å². The van der Waals surface area contributed by atoms with E-state index in [-0.39, 0.29) is 0 Å². The summed E-state index contributed by atoms with van der Waals surface area (Å²) in [5.41, 5.74) is 6.31. The molecule has 0 aromatic carbocycles. The molecule has 3 aliphatic carbocycles. The second kappa shape index (κ2) is 8.96. The number of allylic oxidation sites excluding steroid dienone is 7. The standard InChI is InChI=1S/C28H44O/c1-20-18-23(19-21(2)22(20)3)12-13-24-10-9-17-28(6)25(14-15-26(24)28)11-7-8-16-27(4,5)29/h11-13,20-21,26,29H,3,7-10,14-19H2,1-2,4-6H3. The molecule has 29 heavy (non-hydrogen) atoms. The Hall–Kier alpha value is -1.08. The average molecular weight is 397 g/mol. The van der Waals surface area contributed by atoms with Gasteiger partial charge in [0.2, 0.25) is 0 Å². The Morgan fingerprint density at radius 1 is 1.14 bits per heavy atom. The van der Waals surface area contributed by atoms with Crippen molar-refractivity contribution in [2.45, 2.75) is 104 Å². The molecule has 0 bridgehead atoms. The molecular formula is C28H44O. The highest BCUT2D eigenvalue weighted by Crippen LogP contribution is 2.57. The molecule has 0 spiro atoms. The normalized spacial score (nSPS) is 36.0. The first-order valence-electron chi connectivity index (χ1n) is 12.1. The molecule has 0 aromatic rings. The number of hydrogen-bond acceptors (Lipinski definition) is 1. The van der Waals surface area contributed by atoms with Crippen molar-refractivity contribution < 1.29 is 5.11 Å². The van der Waals surface area contributed by atoms with Gasteiger partial charge in [-0.15, -0.1) is 0 Å². The number of hydrogen-bond donors (Lipinski definition) is 1. The maximum Gasteiger partial charge on any atom is 0.0591 e. The fraction of sp³-hybridized carbons (Fsp3) is 0.714. The van der Waals surface area contributed by atoms with Crippen LogP contribution in [-0.2, 0) is 0 Å². The van der Waals surface area contributed by atoms with Gasteiger partial charge in [-0.05, 0) is 101 Å². The van der Waals surface area contributed by atoms with Crippen LogP contribution in [0.5, 0.6) is 0 Å². The molecule has 1 heteroatoms. The van der Waals surface area contributed by atoms with Crippen molar-refractivity contribution in [1.82, 2.24) is 0 Å². The lowest BCUT2D eigenvalue weighted by Crippen LogP contribution is -2.29. The first-order chi connectivity index (χ1) is 13.6. The Kier molecular flexibility index (Phi) is 6.99.